The van der Waals surface area contributed by atoms with Gasteiger partial charge in [-0.1, -0.05) is 5.31 Å². The first kappa shape index (κ1) is 16.8. The Morgan fingerprint density at radius 2 is 1.67 bits per heavy atom. The zero-order chi connectivity index (χ0) is 13.1. The first-order valence-electron chi connectivity index (χ1n) is 5.68. The summed E-state index contributed by atoms with van der Waals surface area (Å²) in [4.78, 5) is 11.4. The zero-order valence-corrected chi connectivity index (χ0v) is 14.3. The van der Waals surface area contributed by atoms with E-state index in [9.17, 15) is 17.7 Å². The van der Waals surface area contributed by atoms with Crippen LogP contribution < -0.4 is 56.7 Å². The summed E-state index contributed by atoms with van der Waals surface area (Å²) in [6.45, 7) is 0.364. The zero-order valence-electron chi connectivity index (χ0n) is 11.1. The van der Waals surface area contributed by atoms with Gasteiger partial charge in [0.2, 0.25) is 0 Å². The second kappa shape index (κ2) is 4.65. The van der Waals surface area contributed by atoms with Crippen LogP contribution in [0.15, 0.2) is 0 Å². The van der Waals surface area contributed by atoms with E-state index in [1.807, 2.05) is 0 Å². The van der Waals surface area contributed by atoms with E-state index in [2.05, 4.69) is 5.32 Å². The van der Waals surface area contributed by atoms with Gasteiger partial charge in [-0.05, 0) is 40.0 Å². The summed E-state index contributed by atoms with van der Waals surface area (Å²) >= 11 is 0. The van der Waals surface area contributed by atoms with Crippen molar-refractivity contribution in [1.82, 2.24) is 5.32 Å². The Kier molecular flexibility index (Phi) is 4.34. The molecule has 0 radical (unpaired) electrons. The Morgan fingerprint density at radius 1 is 1.22 bits per heavy atom. The topological polar surface area (TPSA) is 38.3 Å². The molecule has 18 heavy (non-hydrogen) atoms. The quantitative estimate of drug-likeness (QED) is 0.729. The van der Waals surface area contributed by atoms with E-state index in [4.69, 9.17) is 4.74 Å². The SMILES string of the molecule is CC(C)(C)OC(=O)NC12CC([B-](F)(F)F)(C1)C2.[K+]. The van der Waals surface area contributed by atoms with Crippen LogP contribution in [0, 0.1) is 0 Å². The van der Waals surface area contributed by atoms with Gasteiger partial charge in [0.1, 0.15) is 5.60 Å². The average Bonchev–Trinajstić information content (AvgIpc) is 1.86. The number of amides is 1. The van der Waals surface area contributed by atoms with Crippen LogP contribution in [0.5, 0.6) is 0 Å². The molecule has 0 spiro atoms. The van der Waals surface area contributed by atoms with Gasteiger partial charge in [0.05, 0.1) is 0 Å². The van der Waals surface area contributed by atoms with E-state index in [1.54, 1.807) is 20.8 Å². The fourth-order valence-electron chi connectivity index (χ4n) is 2.87. The van der Waals surface area contributed by atoms with Crippen molar-refractivity contribution < 1.29 is 73.9 Å². The number of ether oxygens (including phenoxy) is 1. The van der Waals surface area contributed by atoms with Gasteiger partial charge in [0.25, 0.3) is 0 Å². The predicted octanol–water partition coefficient (Wildman–Crippen LogP) is 0.0392. The van der Waals surface area contributed by atoms with Crippen LogP contribution in [0.2, 0.25) is 5.31 Å². The average molecular weight is 289 g/mol. The van der Waals surface area contributed by atoms with Crippen LogP contribution in [0.25, 0.3) is 0 Å². The molecule has 3 fully saturated rings. The van der Waals surface area contributed by atoms with Crippen molar-refractivity contribution in [2.24, 2.45) is 0 Å². The van der Waals surface area contributed by atoms with E-state index in [0.717, 1.165) is 0 Å². The normalized spacial score (nSPS) is 33.7. The monoisotopic (exact) mass is 289 g/mol. The van der Waals surface area contributed by atoms with Crippen LogP contribution >= 0.6 is 0 Å². The summed E-state index contributed by atoms with van der Waals surface area (Å²) in [6, 6.07) is 0. The number of nitrogens with one attached hydrogen (secondary N) is 1. The van der Waals surface area contributed by atoms with E-state index >= 15 is 0 Å². The fourth-order valence-corrected chi connectivity index (χ4v) is 2.87. The molecule has 8 heteroatoms. The minimum atomic E-state index is -4.79. The minimum absolute atomic E-state index is 0. The molecule has 0 heterocycles. The molecular formula is C10H16BF3KNO2. The molecule has 3 nitrogen and oxygen atoms in total. The Balaban J connectivity index is 0.00000162. The molecule has 0 atom stereocenters. The predicted molar refractivity (Wildman–Crippen MR) is 57.7 cm³/mol. The van der Waals surface area contributed by atoms with Crippen molar-refractivity contribution >= 4 is 13.1 Å². The fraction of sp³-hybridized carbons (Fsp3) is 0.900. The summed E-state index contributed by atoms with van der Waals surface area (Å²) in [6.07, 6.45) is -0.575. The molecule has 0 aliphatic heterocycles. The van der Waals surface area contributed by atoms with Crippen molar-refractivity contribution in [2.75, 3.05) is 0 Å². The summed E-state index contributed by atoms with van der Waals surface area (Å²) in [5.74, 6) is 0. The van der Waals surface area contributed by atoms with E-state index in [1.165, 1.54) is 0 Å². The molecule has 2 bridgehead atoms. The first-order chi connectivity index (χ1) is 7.47. The van der Waals surface area contributed by atoms with Crippen LogP contribution in [-0.2, 0) is 4.74 Å². The minimum Gasteiger partial charge on any atom is -0.449 e. The molecule has 3 aliphatic carbocycles. The number of halogens is 3. The van der Waals surface area contributed by atoms with Crippen molar-refractivity contribution in [3.63, 3.8) is 0 Å². The number of hydrogen-bond acceptors (Lipinski definition) is 2. The Labute approximate surface area is 147 Å². The molecular weight excluding hydrogens is 273 g/mol. The third kappa shape index (κ3) is 2.92. The number of carbonyl (C=O) groups excluding carboxylic acids is 1. The number of rotatable bonds is 2. The Bertz CT molecular complexity index is 347. The molecule has 0 saturated heterocycles. The molecule has 1 amide bonds. The van der Waals surface area contributed by atoms with Crippen LogP contribution in [-0.4, -0.2) is 24.2 Å². The Morgan fingerprint density at radius 3 is 2.00 bits per heavy atom. The van der Waals surface area contributed by atoms with Gasteiger partial charge in [-0.3, -0.25) is 0 Å². The molecule has 3 saturated carbocycles. The first-order valence-corrected chi connectivity index (χ1v) is 5.68. The standard InChI is InChI=1S/C10H16BF3NO2.K/c1-8(2,3)17-7(16)15-10-4-9(5-10,6-10)11(12,13)14;/h4-6H2,1-3H3,(H,15,16);/q-1;+1. The number of hydrogen-bond donors (Lipinski definition) is 1. The van der Waals surface area contributed by atoms with Gasteiger partial charge in [0.15, 0.2) is 0 Å². The molecule has 1 N–H and O–H groups in total. The van der Waals surface area contributed by atoms with Gasteiger partial charge >= 0.3 is 64.5 Å². The van der Waals surface area contributed by atoms with Gasteiger partial charge in [-0.25, -0.2) is 4.79 Å². The Hall–Kier alpha value is 0.761. The summed E-state index contributed by atoms with van der Waals surface area (Å²) < 4.78 is 42.9. The van der Waals surface area contributed by atoms with E-state index in [0.29, 0.717) is 0 Å². The second-order valence-corrected chi connectivity index (χ2v) is 6.37. The van der Waals surface area contributed by atoms with Crippen LogP contribution in [0.3, 0.4) is 0 Å². The molecule has 0 aromatic carbocycles. The van der Waals surface area contributed by atoms with Gasteiger partial charge in [-0.2, -0.15) is 0 Å². The largest absolute Gasteiger partial charge is 1.00 e. The van der Waals surface area contributed by atoms with Crippen LogP contribution in [0.4, 0.5) is 17.7 Å². The smallest absolute Gasteiger partial charge is 0.449 e. The van der Waals surface area contributed by atoms with Crippen molar-refractivity contribution in [3.05, 3.63) is 0 Å². The molecule has 3 rings (SSSR count). The maximum atomic E-state index is 12.6. The summed E-state index contributed by atoms with van der Waals surface area (Å²) in [5.41, 5.74) is -1.28. The van der Waals surface area contributed by atoms with Crippen molar-refractivity contribution in [3.8, 4) is 0 Å². The maximum Gasteiger partial charge on any atom is 1.00 e. The second-order valence-electron chi connectivity index (χ2n) is 6.37. The van der Waals surface area contributed by atoms with Gasteiger partial charge < -0.3 is 23.0 Å². The molecule has 98 valence electrons. The van der Waals surface area contributed by atoms with Crippen LogP contribution in [0.1, 0.15) is 40.0 Å². The molecule has 0 aromatic rings. The molecule has 0 unspecified atom stereocenters. The maximum absolute atomic E-state index is 12.6. The van der Waals surface area contributed by atoms with Gasteiger partial charge in [-0.15, -0.1) is 0 Å². The van der Waals surface area contributed by atoms with E-state index < -0.39 is 29.5 Å². The van der Waals surface area contributed by atoms with Crippen molar-refractivity contribution in [1.29, 1.82) is 0 Å². The molecule has 0 aromatic heterocycles. The number of carbonyl (C=O) groups is 1. The van der Waals surface area contributed by atoms with Gasteiger partial charge in [0, 0.05) is 5.54 Å². The molecule has 3 aliphatic rings. The summed E-state index contributed by atoms with van der Waals surface area (Å²) in [5, 5.41) is 1.08. The number of alkyl carbamates (subject to hydrolysis) is 1. The third-order valence-electron chi connectivity index (χ3n) is 3.53. The summed E-state index contributed by atoms with van der Waals surface area (Å²) in [7, 11) is 0. The third-order valence-corrected chi connectivity index (χ3v) is 3.53. The van der Waals surface area contributed by atoms with Crippen molar-refractivity contribution in [2.45, 2.75) is 56.5 Å². The van der Waals surface area contributed by atoms with E-state index in [-0.39, 0.29) is 70.6 Å².